The van der Waals surface area contributed by atoms with Crippen LogP contribution in [0.4, 0.5) is 8.78 Å². The molecule has 5 nitrogen and oxygen atoms in total. The predicted octanol–water partition coefficient (Wildman–Crippen LogP) is 1.42. The van der Waals surface area contributed by atoms with Crippen molar-refractivity contribution >= 4 is 0 Å². The zero-order valence-corrected chi connectivity index (χ0v) is 10.9. The Hall–Kier alpha value is -1.86. The second kappa shape index (κ2) is 4.92. The van der Waals surface area contributed by atoms with Gasteiger partial charge >= 0.3 is 0 Å². The third kappa shape index (κ3) is 2.08. The van der Waals surface area contributed by atoms with Crippen LogP contribution in [0.2, 0.25) is 0 Å². The van der Waals surface area contributed by atoms with Crippen LogP contribution in [0.5, 0.6) is 0 Å². The van der Waals surface area contributed by atoms with Crippen LogP contribution in [0.15, 0.2) is 30.9 Å². The summed E-state index contributed by atoms with van der Waals surface area (Å²) in [6.07, 6.45) is 2.94. The number of hydrogen-bond acceptors (Lipinski definition) is 4. The number of benzene rings is 1. The fourth-order valence-corrected chi connectivity index (χ4v) is 2.55. The highest BCUT2D eigenvalue weighted by Crippen LogP contribution is 2.36. The van der Waals surface area contributed by atoms with Crippen molar-refractivity contribution in [3.05, 3.63) is 48.1 Å². The number of rotatable bonds is 3. The third-order valence-electron chi connectivity index (χ3n) is 3.67. The number of nitrogens with zero attached hydrogens (tertiary/aromatic N) is 3. The molecule has 2 atom stereocenters. The first-order chi connectivity index (χ1) is 9.62. The molecule has 3 rings (SSSR count). The molecule has 1 aromatic heterocycles. The smallest absolute Gasteiger partial charge is 0.137 e. The molecular formula is C13H14F2N4O. The van der Waals surface area contributed by atoms with Gasteiger partial charge in [0.25, 0.3) is 0 Å². The molecule has 1 saturated heterocycles. The lowest BCUT2D eigenvalue weighted by Gasteiger charge is -2.32. The van der Waals surface area contributed by atoms with Crippen molar-refractivity contribution in [2.45, 2.75) is 25.1 Å². The number of ether oxygens (including phenoxy) is 1. The molecular weight excluding hydrogens is 266 g/mol. The van der Waals surface area contributed by atoms with Gasteiger partial charge in [0.2, 0.25) is 0 Å². The summed E-state index contributed by atoms with van der Waals surface area (Å²) in [6.45, 7) is 2.49. The van der Waals surface area contributed by atoms with Gasteiger partial charge in [0.1, 0.15) is 29.9 Å². The summed E-state index contributed by atoms with van der Waals surface area (Å²) in [5, 5.41) is 7.15. The maximum atomic E-state index is 14.2. The highest BCUT2D eigenvalue weighted by atomic mass is 19.1. The van der Waals surface area contributed by atoms with Gasteiger partial charge in [-0.2, -0.15) is 5.10 Å². The van der Waals surface area contributed by atoms with E-state index in [0.29, 0.717) is 18.8 Å². The van der Waals surface area contributed by atoms with Gasteiger partial charge in [0.05, 0.1) is 13.3 Å². The Labute approximate surface area is 114 Å². The molecule has 1 fully saturated rings. The highest BCUT2D eigenvalue weighted by molar-refractivity contribution is 5.28. The first-order valence-electron chi connectivity index (χ1n) is 6.27. The topological polar surface area (TPSA) is 52.0 Å². The lowest BCUT2D eigenvalue weighted by molar-refractivity contribution is -0.0267. The predicted molar refractivity (Wildman–Crippen MR) is 66.6 cm³/mol. The molecule has 2 heterocycles. The fourth-order valence-electron chi connectivity index (χ4n) is 2.55. The van der Waals surface area contributed by atoms with Gasteiger partial charge in [-0.15, -0.1) is 0 Å². The molecule has 1 aliphatic heterocycles. The van der Waals surface area contributed by atoms with Gasteiger partial charge in [-0.25, -0.2) is 18.4 Å². The average molecular weight is 280 g/mol. The van der Waals surface area contributed by atoms with Crippen molar-refractivity contribution < 1.29 is 13.5 Å². The Bertz CT molecular complexity index is 604. The Morgan fingerprint density at radius 1 is 1.50 bits per heavy atom. The second-order valence-corrected chi connectivity index (χ2v) is 4.82. The molecule has 1 aromatic carbocycles. The van der Waals surface area contributed by atoms with E-state index in [1.807, 2.05) is 6.92 Å². The van der Waals surface area contributed by atoms with Gasteiger partial charge in [-0.1, -0.05) is 6.07 Å². The first kappa shape index (κ1) is 13.1. The molecule has 1 aliphatic rings. The number of hydrogen-bond donors (Lipinski definition) is 1. The van der Waals surface area contributed by atoms with E-state index in [4.69, 9.17) is 4.74 Å². The minimum Gasteiger partial charge on any atom is -0.351 e. The Balaban J connectivity index is 2.06. The molecule has 7 heteroatoms. The van der Waals surface area contributed by atoms with Crippen molar-refractivity contribution in [3.8, 4) is 0 Å². The van der Waals surface area contributed by atoms with Crippen molar-refractivity contribution in [1.82, 2.24) is 20.1 Å². The molecule has 0 spiro atoms. The van der Waals surface area contributed by atoms with Crippen LogP contribution >= 0.6 is 0 Å². The summed E-state index contributed by atoms with van der Waals surface area (Å²) in [4.78, 5) is 3.87. The van der Waals surface area contributed by atoms with Crippen LogP contribution in [-0.2, 0) is 16.9 Å². The minimum absolute atomic E-state index is 0.147. The number of aromatic nitrogens is 3. The second-order valence-electron chi connectivity index (χ2n) is 4.82. The van der Waals surface area contributed by atoms with Crippen LogP contribution in [0.25, 0.3) is 0 Å². The van der Waals surface area contributed by atoms with Crippen LogP contribution in [-0.4, -0.2) is 27.5 Å². The minimum atomic E-state index is -0.939. The van der Waals surface area contributed by atoms with Crippen molar-refractivity contribution in [2.75, 3.05) is 6.73 Å². The summed E-state index contributed by atoms with van der Waals surface area (Å²) in [5.41, 5.74) is -0.627. The van der Waals surface area contributed by atoms with E-state index in [0.717, 1.165) is 6.07 Å². The molecule has 106 valence electrons. The van der Waals surface area contributed by atoms with Crippen molar-refractivity contribution in [1.29, 1.82) is 0 Å². The van der Waals surface area contributed by atoms with Crippen molar-refractivity contribution in [2.24, 2.45) is 0 Å². The van der Waals surface area contributed by atoms with E-state index in [1.54, 1.807) is 4.68 Å². The van der Waals surface area contributed by atoms with Crippen LogP contribution in [0.3, 0.4) is 0 Å². The third-order valence-corrected chi connectivity index (χ3v) is 3.67. The average Bonchev–Trinajstić information content (AvgIpc) is 3.01. The lowest BCUT2D eigenvalue weighted by Crippen LogP contribution is -2.43. The van der Waals surface area contributed by atoms with Gasteiger partial charge < -0.3 is 4.74 Å². The van der Waals surface area contributed by atoms with E-state index in [9.17, 15) is 8.78 Å². The van der Waals surface area contributed by atoms with Crippen LogP contribution in [0.1, 0.15) is 12.5 Å². The summed E-state index contributed by atoms with van der Waals surface area (Å²) in [6, 6.07) is 3.38. The quantitative estimate of drug-likeness (QED) is 0.924. The van der Waals surface area contributed by atoms with Crippen LogP contribution in [0, 0.1) is 11.6 Å². The van der Waals surface area contributed by atoms with E-state index in [-0.39, 0.29) is 6.04 Å². The Kier molecular flexibility index (Phi) is 3.23. The normalized spacial score (nSPS) is 26.1. The van der Waals surface area contributed by atoms with Crippen LogP contribution < -0.4 is 5.32 Å². The van der Waals surface area contributed by atoms with Gasteiger partial charge in [0, 0.05) is 17.7 Å². The fraction of sp³-hybridized carbons (Fsp3) is 0.385. The maximum Gasteiger partial charge on any atom is 0.137 e. The monoisotopic (exact) mass is 280 g/mol. The molecule has 0 amide bonds. The lowest BCUT2D eigenvalue weighted by atomic mass is 9.87. The molecule has 1 N–H and O–H groups in total. The van der Waals surface area contributed by atoms with Gasteiger partial charge in [0.15, 0.2) is 0 Å². The van der Waals surface area contributed by atoms with Gasteiger partial charge in [-0.3, -0.25) is 5.32 Å². The molecule has 0 radical (unpaired) electrons. The summed E-state index contributed by atoms with van der Waals surface area (Å²) >= 11 is 0. The standard InChI is InChI=1S/C13H14F2N4O/c1-9-13(20-8-17-9,5-19-7-16-6-18-19)11-3-2-10(14)4-12(11)15/h2-4,6-7,9,17H,5,8H2,1H3. The Morgan fingerprint density at radius 3 is 2.95 bits per heavy atom. The molecule has 0 aliphatic carbocycles. The number of halogens is 2. The van der Waals surface area contributed by atoms with E-state index < -0.39 is 17.2 Å². The summed E-state index contributed by atoms with van der Waals surface area (Å²) in [7, 11) is 0. The first-order valence-corrected chi connectivity index (χ1v) is 6.27. The molecule has 2 unspecified atom stereocenters. The molecule has 0 saturated carbocycles. The van der Waals surface area contributed by atoms with E-state index in [2.05, 4.69) is 15.4 Å². The van der Waals surface area contributed by atoms with Crippen molar-refractivity contribution in [3.63, 3.8) is 0 Å². The SMILES string of the molecule is CC1NCOC1(Cn1cncn1)c1ccc(F)cc1F. The molecule has 2 aromatic rings. The zero-order valence-electron chi connectivity index (χ0n) is 10.9. The van der Waals surface area contributed by atoms with Gasteiger partial charge in [-0.05, 0) is 13.0 Å². The Morgan fingerprint density at radius 2 is 2.35 bits per heavy atom. The molecule has 0 bridgehead atoms. The van der Waals surface area contributed by atoms with E-state index in [1.165, 1.54) is 24.8 Å². The van der Waals surface area contributed by atoms with E-state index >= 15 is 0 Å². The summed E-state index contributed by atoms with van der Waals surface area (Å²) < 4.78 is 34.6. The molecule has 20 heavy (non-hydrogen) atoms. The largest absolute Gasteiger partial charge is 0.351 e. The zero-order chi connectivity index (χ0) is 14.2. The number of nitrogens with one attached hydrogen (secondary N) is 1. The summed E-state index contributed by atoms with van der Waals surface area (Å²) in [5.74, 6) is -1.23. The highest BCUT2D eigenvalue weighted by Gasteiger charge is 2.45. The maximum absolute atomic E-state index is 14.2.